The third kappa shape index (κ3) is 4.19. The Hall–Kier alpha value is -1.69. The Morgan fingerprint density at radius 3 is 2.52 bits per heavy atom. The van der Waals surface area contributed by atoms with Crippen LogP contribution < -0.4 is 0 Å². The summed E-state index contributed by atoms with van der Waals surface area (Å²) < 4.78 is 0. The van der Waals surface area contributed by atoms with E-state index in [4.69, 9.17) is 5.11 Å². The highest BCUT2D eigenvalue weighted by Gasteiger charge is 2.32. The number of piperidine rings is 1. The zero-order valence-electron chi connectivity index (χ0n) is 13.8. The Labute approximate surface area is 140 Å². The molecule has 1 saturated heterocycles. The summed E-state index contributed by atoms with van der Waals surface area (Å²) in [6.07, 6.45) is 1.62. The van der Waals surface area contributed by atoms with Gasteiger partial charge < -0.3 is 10.0 Å². The topological polar surface area (TPSA) is 74.7 Å². The van der Waals surface area contributed by atoms with Gasteiger partial charge in [-0.15, -0.1) is 11.3 Å². The minimum Gasteiger partial charge on any atom is -0.481 e. The Kier molecular flexibility index (Phi) is 5.57. The second-order valence-corrected chi connectivity index (χ2v) is 7.72. The number of amides is 1. The molecule has 126 valence electrons. The summed E-state index contributed by atoms with van der Waals surface area (Å²) >= 11 is 1.58. The number of Topliss-reactive ketones (excluding diaryl/α,β-unsaturated/α-hetero) is 1. The van der Waals surface area contributed by atoms with Gasteiger partial charge in [-0.2, -0.15) is 0 Å². The quantitative estimate of drug-likeness (QED) is 0.838. The highest BCUT2D eigenvalue weighted by molar-refractivity contribution is 7.12. The van der Waals surface area contributed by atoms with Crippen molar-refractivity contribution in [2.24, 2.45) is 5.92 Å². The molecule has 0 radical (unpaired) electrons. The van der Waals surface area contributed by atoms with Crippen molar-refractivity contribution < 1.29 is 19.5 Å². The van der Waals surface area contributed by atoms with Crippen molar-refractivity contribution in [3.8, 4) is 0 Å². The predicted molar refractivity (Wildman–Crippen MR) is 88.9 cm³/mol. The number of ketones is 1. The zero-order chi connectivity index (χ0) is 17.1. The average Bonchev–Trinajstić information content (AvgIpc) is 2.83. The summed E-state index contributed by atoms with van der Waals surface area (Å²) in [6.45, 7) is 6.06. The van der Waals surface area contributed by atoms with Crippen LogP contribution in [0.3, 0.4) is 0 Å². The summed E-state index contributed by atoms with van der Waals surface area (Å²) in [5.74, 6) is -1.48. The van der Waals surface area contributed by atoms with Gasteiger partial charge in [-0.3, -0.25) is 14.4 Å². The normalized spacial score (nSPS) is 21.3. The van der Waals surface area contributed by atoms with E-state index in [-0.39, 0.29) is 37.1 Å². The van der Waals surface area contributed by atoms with Crippen LogP contribution in [0.2, 0.25) is 0 Å². The molecule has 2 unspecified atom stereocenters. The lowest BCUT2D eigenvalue weighted by atomic mass is 9.93. The van der Waals surface area contributed by atoms with E-state index in [0.29, 0.717) is 18.4 Å². The van der Waals surface area contributed by atoms with Gasteiger partial charge in [0.1, 0.15) is 0 Å². The molecule has 0 spiro atoms. The van der Waals surface area contributed by atoms with Crippen LogP contribution in [0.4, 0.5) is 0 Å². The minimum absolute atomic E-state index is 0.0142. The first kappa shape index (κ1) is 17.7. The van der Waals surface area contributed by atoms with E-state index in [2.05, 4.69) is 0 Å². The molecule has 0 aromatic carbocycles. The van der Waals surface area contributed by atoms with Crippen molar-refractivity contribution in [3.63, 3.8) is 0 Å². The van der Waals surface area contributed by atoms with Gasteiger partial charge >= 0.3 is 5.97 Å². The Morgan fingerprint density at radius 2 is 1.96 bits per heavy atom. The number of thiophene rings is 1. The smallest absolute Gasteiger partial charge is 0.308 e. The van der Waals surface area contributed by atoms with E-state index in [9.17, 15) is 14.4 Å². The van der Waals surface area contributed by atoms with Crippen LogP contribution in [-0.2, 0) is 9.59 Å². The lowest BCUT2D eigenvalue weighted by Gasteiger charge is -2.36. The molecular weight excluding hydrogens is 314 g/mol. The Morgan fingerprint density at radius 1 is 1.26 bits per heavy atom. The molecule has 0 aliphatic carbocycles. The molecule has 1 aliphatic heterocycles. The van der Waals surface area contributed by atoms with Crippen molar-refractivity contribution >= 4 is 29.0 Å². The zero-order valence-corrected chi connectivity index (χ0v) is 14.6. The van der Waals surface area contributed by atoms with E-state index in [1.54, 1.807) is 16.2 Å². The number of carbonyl (C=O) groups excluding carboxylic acids is 2. The fourth-order valence-electron chi connectivity index (χ4n) is 3.06. The van der Waals surface area contributed by atoms with Gasteiger partial charge in [0.05, 0.1) is 5.92 Å². The molecule has 5 nitrogen and oxygen atoms in total. The summed E-state index contributed by atoms with van der Waals surface area (Å²) in [5.41, 5.74) is 0.704. The van der Waals surface area contributed by atoms with Crippen LogP contribution >= 0.6 is 11.3 Å². The van der Waals surface area contributed by atoms with E-state index in [0.717, 1.165) is 9.75 Å². The number of carboxylic acids is 1. The fraction of sp³-hybridized carbons (Fsp3) is 0.588. The van der Waals surface area contributed by atoms with Crippen LogP contribution in [0, 0.1) is 19.8 Å². The molecular formula is C17H23NO4S. The second kappa shape index (κ2) is 7.25. The molecule has 0 bridgehead atoms. The van der Waals surface area contributed by atoms with Crippen LogP contribution in [0.25, 0.3) is 0 Å². The number of carbonyl (C=O) groups is 3. The summed E-state index contributed by atoms with van der Waals surface area (Å²) in [7, 11) is 0. The van der Waals surface area contributed by atoms with Gasteiger partial charge in [0, 0.05) is 40.7 Å². The number of aryl methyl sites for hydroxylation is 2. The lowest BCUT2D eigenvalue weighted by Crippen LogP contribution is -2.47. The van der Waals surface area contributed by atoms with Gasteiger partial charge in [0.25, 0.3) is 0 Å². The second-order valence-electron chi connectivity index (χ2n) is 6.26. The van der Waals surface area contributed by atoms with Gasteiger partial charge in [0.15, 0.2) is 5.78 Å². The lowest BCUT2D eigenvalue weighted by molar-refractivity contribution is -0.147. The number of hydrogen-bond donors (Lipinski definition) is 1. The minimum atomic E-state index is -0.852. The number of carboxylic acid groups (broad SMARTS) is 1. The monoisotopic (exact) mass is 337 g/mol. The number of aliphatic carboxylic acids is 1. The third-order valence-electron chi connectivity index (χ3n) is 4.46. The molecule has 2 atom stereocenters. The van der Waals surface area contributed by atoms with Crippen molar-refractivity contribution in [1.29, 1.82) is 0 Å². The number of hydrogen-bond acceptors (Lipinski definition) is 4. The van der Waals surface area contributed by atoms with E-state index in [1.807, 2.05) is 26.8 Å². The third-order valence-corrected chi connectivity index (χ3v) is 5.42. The standard InChI is InChI=1S/C17H23NO4S/c1-10-4-5-13(17(21)22)9-18(10)16(20)7-6-15(19)14-8-11(2)23-12(14)3/h8,10,13H,4-7,9H2,1-3H3,(H,21,22). The summed E-state index contributed by atoms with van der Waals surface area (Å²) in [4.78, 5) is 39.5. The van der Waals surface area contributed by atoms with Crippen LogP contribution in [0.1, 0.15) is 52.7 Å². The first-order chi connectivity index (χ1) is 10.8. The molecule has 2 rings (SSSR count). The maximum atomic E-state index is 12.4. The fourth-order valence-corrected chi connectivity index (χ4v) is 4.00. The van der Waals surface area contributed by atoms with Gasteiger partial charge in [-0.1, -0.05) is 0 Å². The van der Waals surface area contributed by atoms with E-state index >= 15 is 0 Å². The molecule has 1 amide bonds. The highest BCUT2D eigenvalue weighted by atomic mass is 32.1. The first-order valence-corrected chi connectivity index (χ1v) is 8.73. The van der Waals surface area contributed by atoms with Gasteiger partial charge in [0.2, 0.25) is 5.91 Å². The molecule has 1 aromatic heterocycles. The number of nitrogens with zero attached hydrogens (tertiary/aromatic N) is 1. The largest absolute Gasteiger partial charge is 0.481 e. The van der Waals surface area contributed by atoms with E-state index < -0.39 is 11.9 Å². The maximum Gasteiger partial charge on any atom is 0.308 e. The predicted octanol–water partition coefficient (Wildman–Crippen LogP) is 3.04. The number of likely N-dealkylation sites (tertiary alicyclic amines) is 1. The molecule has 23 heavy (non-hydrogen) atoms. The number of rotatable bonds is 5. The maximum absolute atomic E-state index is 12.4. The average molecular weight is 337 g/mol. The molecule has 1 N–H and O–H groups in total. The van der Waals surface area contributed by atoms with Gasteiger partial charge in [-0.25, -0.2) is 0 Å². The Balaban J connectivity index is 1.94. The molecule has 1 aromatic rings. The van der Waals surface area contributed by atoms with E-state index in [1.165, 1.54) is 0 Å². The van der Waals surface area contributed by atoms with Crippen molar-refractivity contribution in [2.75, 3.05) is 6.54 Å². The molecule has 1 aliphatic rings. The van der Waals surface area contributed by atoms with Gasteiger partial charge in [-0.05, 0) is 39.7 Å². The first-order valence-electron chi connectivity index (χ1n) is 7.92. The SMILES string of the molecule is Cc1cc(C(=O)CCC(=O)N2CC(C(=O)O)CCC2C)c(C)s1. The molecule has 2 heterocycles. The van der Waals surface area contributed by atoms with Crippen molar-refractivity contribution in [3.05, 3.63) is 21.4 Å². The highest BCUT2D eigenvalue weighted by Crippen LogP contribution is 2.25. The summed E-state index contributed by atoms with van der Waals surface area (Å²) in [6, 6.07) is 1.91. The molecule has 0 saturated carbocycles. The van der Waals surface area contributed by atoms with Crippen LogP contribution in [0.15, 0.2) is 6.07 Å². The van der Waals surface area contributed by atoms with Crippen LogP contribution in [-0.4, -0.2) is 40.3 Å². The molecule has 6 heteroatoms. The molecule has 1 fully saturated rings. The van der Waals surface area contributed by atoms with Crippen molar-refractivity contribution in [1.82, 2.24) is 4.90 Å². The Bertz CT molecular complexity index is 622. The van der Waals surface area contributed by atoms with Crippen LogP contribution in [0.5, 0.6) is 0 Å². The summed E-state index contributed by atoms with van der Waals surface area (Å²) in [5, 5.41) is 9.13. The van der Waals surface area contributed by atoms with Crippen molar-refractivity contribution in [2.45, 2.75) is 52.5 Å².